The van der Waals surface area contributed by atoms with E-state index in [9.17, 15) is 14.7 Å². The fraction of sp³-hybridized carbons (Fsp3) is 0.167. The summed E-state index contributed by atoms with van der Waals surface area (Å²) in [6, 6.07) is 9.63. The van der Waals surface area contributed by atoms with Crippen molar-refractivity contribution in [3.8, 4) is 11.3 Å². The molecule has 5 nitrogen and oxygen atoms in total. The molecule has 0 saturated carbocycles. The van der Waals surface area contributed by atoms with Gasteiger partial charge in [0.05, 0.1) is 16.9 Å². The summed E-state index contributed by atoms with van der Waals surface area (Å²) in [5.41, 5.74) is 0.813. The molecular formula is C18H13ClNO4S2-. The van der Waals surface area contributed by atoms with Crippen LogP contribution in [0.15, 0.2) is 45.7 Å². The Morgan fingerprint density at radius 2 is 2.19 bits per heavy atom. The molecule has 0 N–H and O–H groups in total. The smallest absolute Gasteiger partial charge is 0.266 e. The van der Waals surface area contributed by atoms with Crippen LogP contribution in [0.4, 0.5) is 0 Å². The Labute approximate surface area is 164 Å². The SMILES string of the molecule is CC[C@@H](C(=O)[O-])N1C(=O)/C(=C\c2ccc(-c3cccc(Cl)c3)o2)SC1=S. The van der Waals surface area contributed by atoms with Gasteiger partial charge in [0.1, 0.15) is 15.8 Å². The Morgan fingerprint density at radius 3 is 2.85 bits per heavy atom. The Balaban J connectivity index is 1.86. The third kappa shape index (κ3) is 3.70. The van der Waals surface area contributed by atoms with Crippen LogP contribution in [-0.4, -0.2) is 27.1 Å². The molecule has 1 aromatic heterocycles. The maximum absolute atomic E-state index is 12.5. The molecule has 2 heterocycles. The average Bonchev–Trinajstić information content (AvgIpc) is 3.16. The van der Waals surface area contributed by atoms with E-state index in [1.165, 1.54) is 0 Å². The van der Waals surface area contributed by atoms with Gasteiger partial charge in [-0.15, -0.1) is 0 Å². The summed E-state index contributed by atoms with van der Waals surface area (Å²) in [6.07, 6.45) is 1.76. The number of halogens is 1. The van der Waals surface area contributed by atoms with Gasteiger partial charge in [0.25, 0.3) is 5.91 Å². The van der Waals surface area contributed by atoms with Crippen LogP contribution in [0.2, 0.25) is 5.02 Å². The molecule has 1 fully saturated rings. The van der Waals surface area contributed by atoms with Crippen LogP contribution in [0, 0.1) is 0 Å². The first-order valence-corrected chi connectivity index (χ1v) is 9.34. The zero-order chi connectivity index (χ0) is 18.8. The molecule has 0 aliphatic carbocycles. The van der Waals surface area contributed by atoms with Crippen LogP contribution in [0.5, 0.6) is 0 Å². The van der Waals surface area contributed by atoms with Crippen molar-refractivity contribution in [1.29, 1.82) is 0 Å². The highest BCUT2D eigenvalue weighted by atomic mass is 35.5. The lowest BCUT2D eigenvalue weighted by molar-refractivity contribution is -0.310. The largest absolute Gasteiger partial charge is 0.548 e. The van der Waals surface area contributed by atoms with Gasteiger partial charge < -0.3 is 14.3 Å². The second kappa shape index (κ2) is 7.65. The van der Waals surface area contributed by atoms with Crippen molar-refractivity contribution in [2.75, 3.05) is 0 Å². The first-order valence-electron chi connectivity index (χ1n) is 7.74. The van der Waals surface area contributed by atoms with Gasteiger partial charge in [-0.1, -0.05) is 54.6 Å². The molecule has 1 aliphatic heterocycles. The molecule has 0 bridgehead atoms. The lowest BCUT2D eigenvalue weighted by Crippen LogP contribution is -2.49. The number of carbonyl (C=O) groups is 2. The van der Waals surface area contributed by atoms with E-state index in [1.54, 1.807) is 37.3 Å². The van der Waals surface area contributed by atoms with Crippen molar-refractivity contribution in [1.82, 2.24) is 4.90 Å². The monoisotopic (exact) mass is 406 g/mol. The van der Waals surface area contributed by atoms with E-state index < -0.39 is 17.9 Å². The summed E-state index contributed by atoms with van der Waals surface area (Å²) in [4.78, 5) is 25.2. The summed E-state index contributed by atoms with van der Waals surface area (Å²) in [6.45, 7) is 1.66. The number of hydrogen-bond donors (Lipinski definition) is 0. The number of carboxylic acid groups (broad SMARTS) is 1. The molecule has 0 radical (unpaired) electrons. The Morgan fingerprint density at radius 1 is 1.42 bits per heavy atom. The van der Waals surface area contributed by atoms with Crippen molar-refractivity contribution in [2.24, 2.45) is 0 Å². The van der Waals surface area contributed by atoms with Crippen LogP contribution in [-0.2, 0) is 9.59 Å². The van der Waals surface area contributed by atoms with Crippen LogP contribution in [0.1, 0.15) is 19.1 Å². The predicted octanol–water partition coefficient (Wildman–Crippen LogP) is 3.33. The van der Waals surface area contributed by atoms with Crippen LogP contribution in [0.3, 0.4) is 0 Å². The third-order valence-corrected chi connectivity index (χ3v) is 5.37. The first-order chi connectivity index (χ1) is 12.4. The zero-order valence-corrected chi connectivity index (χ0v) is 16.0. The second-order valence-corrected chi connectivity index (χ2v) is 7.62. The van der Waals surface area contributed by atoms with Gasteiger partial charge >= 0.3 is 0 Å². The Kier molecular flexibility index (Phi) is 5.50. The van der Waals surface area contributed by atoms with E-state index >= 15 is 0 Å². The molecule has 1 aliphatic rings. The number of furan rings is 1. The second-order valence-electron chi connectivity index (χ2n) is 5.51. The molecule has 0 unspecified atom stereocenters. The first kappa shape index (κ1) is 18.7. The number of carbonyl (C=O) groups excluding carboxylic acids is 2. The normalized spacial score (nSPS) is 17.2. The molecule has 26 heavy (non-hydrogen) atoms. The number of carboxylic acids is 1. The fourth-order valence-electron chi connectivity index (χ4n) is 2.56. The minimum atomic E-state index is -1.33. The molecule has 8 heteroatoms. The summed E-state index contributed by atoms with van der Waals surface area (Å²) in [7, 11) is 0. The highest BCUT2D eigenvalue weighted by Gasteiger charge is 2.37. The standard InChI is InChI=1S/C18H14ClNO4S2/c1-2-13(17(22)23)20-16(21)15(26-18(20)25)9-12-6-7-14(24-12)10-4-3-5-11(19)8-10/h3-9,13H,2H2,1H3,(H,22,23)/p-1/b15-9+/t13-/m0/s1. The number of nitrogens with zero attached hydrogens (tertiary/aromatic N) is 1. The van der Waals surface area contributed by atoms with E-state index in [4.69, 9.17) is 28.2 Å². The molecule has 1 aromatic carbocycles. The molecule has 134 valence electrons. The molecule has 1 saturated heterocycles. The summed E-state index contributed by atoms with van der Waals surface area (Å²) in [5.74, 6) is -0.722. The number of rotatable bonds is 5. The fourth-order valence-corrected chi connectivity index (χ4v) is 4.09. The van der Waals surface area contributed by atoms with Gasteiger partial charge in [0.2, 0.25) is 0 Å². The highest BCUT2D eigenvalue weighted by molar-refractivity contribution is 8.26. The number of amides is 1. The summed E-state index contributed by atoms with van der Waals surface area (Å²) >= 11 is 12.2. The molecular weight excluding hydrogens is 394 g/mol. The number of thiocarbonyl (C=S) groups is 1. The number of aliphatic carboxylic acids is 1. The number of benzene rings is 1. The van der Waals surface area contributed by atoms with Gasteiger partial charge in [-0.25, -0.2) is 0 Å². The van der Waals surface area contributed by atoms with Crippen LogP contribution < -0.4 is 5.11 Å². The topological polar surface area (TPSA) is 73.6 Å². The Hall–Kier alpha value is -2.09. The predicted molar refractivity (Wildman–Crippen MR) is 103 cm³/mol. The average molecular weight is 407 g/mol. The third-order valence-electron chi connectivity index (χ3n) is 3.80. The van der Waals surface area contributed by atoms with Crippen molar-refractivity contribution < 1.29 is 19.1 Å². The molecule has 3 rings (SSSR count). The lowest BCUT2D eigenvalue weighted by Gasteiger charge is -2.26. The highest BCUT2D eigenvalue weighted by Crippen LogP contribution is 2.35. The molecule has 0 spiro atoms. The van der Waals surface area contributed by atoms with E-state index in [0.29, 0.717) is 21.4 Å². The molecule has 1 amide bonds. The van der Waals surface area contributed by atoms with Crippen molar-refractivity contribution in [2.45, 2.75) is 19.4 Å². The van der Waals surface area contributed by atoms with Gasteiger partial charge in [-0.3, -0.25) is 9.69 Å². The minimum absolute atomic E-state index is 0.193. The van der Waals surface area contributed by atoms with Gasteiger partial charge in [0, 0.05) is 16.7 Å². The van der Waals surface area contributed by atoms with Crippen LogP contribution in [0.25, 0.3) is 17.4 Å². The quantitative estimate of drug-likeness (QED) is 0.560. The van der Waals surface area contributed by atoms with Gasteiger partial charge in [-0.05, 0) is 30.7 Å². The molecule has 2 aromatic rings. The van der Waals surface area contributed by atoms with Gasteiger partial charge in [-0.2, -0.15) is 0 Å². The zero-order valence-electron chi connectivity index (χ0n) is 13.6. The summed E-state index contributed by atoms with van der Waals surface area (Å²) < 4.78 is 5.94. The minimum Gasteiger partial charge on any atom is -0.548 e. The Bertz CT molecular complexity index is 921. The van der Waals surface area contributed by atoms with E-state index in [1.807, 2.05) is 12.1 Å². The van der Waals surface area contributed by atoms with E-state index in [2.05, 4.69) is 0 Å². The summed E-state index contributed by atoms with van der Waals surface area (Å²) in [5, 5.41) is 11.8. The van der Waals surface area contributed by atoms with Crippen LogP contribution >= 0.6 is 35.6 Å². The van der Waals surface area contributed by atoms with Crippen molar-refractivity contribution in [3.63, 3.8) is 0 Å². The maximum Gasteiger partial charge on any atom is 0.266 e. The number of thioether (sulfide) groups is 1. The molecule has 1 atom stereocenters. The van der Waals surface area contributed by atoms with E-state index in [-0.39, 0.29) is 10.7 Å². The maximum atomic E-state index is 12.5. The number of hydrogen-bond acceptors (Lipinski definition) is 6. The van der Waals surface area contributed by atoms with Crippen molar-refractivity contribution in [3.05, 3.63) is 52.1 Å². The lowest BCUT2D eigenvalue weighted by atomic mass is 10.2. The van der Waals surface area contributed by atoms with E-state index in [0.717, 1.165) is 22.2 Å². The van der Waals surface area contributed by atoms with Gasteiger partial charge in [0.15, 0.2) is 0 Å². The van der Waals surface area contributed by atoms with Crippen molar-refractivity contribution >= 4 is 57.9 Å².